The summed E-state index contributed by atoms with van der Waals surface area (Å²) in [5.74, 6) is 1.49. The standard InChI is InChI=1S/C13H18ClN/c1-11-6-8-15(9-7-11)13-5-3-2-4-12(13)10-14/h2-5,11H,6-10H2,1H3. The van der Waals surface area contributed by atoms with E-state index in [1.807, 2.05) is 0 Å². The third kappa shape index (κ3) is 2.46. The summed E-state index contributed by atoms with van der Waals surface area (Å²) in [6.07, 6.45) is 2.60. The summed E-state index contributed by atoms with van der Waals surface area (Å²) in [6, 6.07) is 8.48. The van der Waals surface area contributed by atoms with Crippen molar-refractivity contribution in [1.29, 1.82) is 0 Å². The maximum absolute atomic E-state index is 5.95. The van der Waals surface area contributed by atoms with Crippen LogP contribution in [-0.4, -0.2) is 13.1 Å². The van der Waals surface area contributed by atoms with Crippen LogP contribution in [0.1, 0.15) is 25.3 Å². The van der Waals surface area contributed by atoms with Crippen molar-refractivity contribution in [3.8, 4) is 0 Å². The first-order valence-corrected chi connectivity index (χ1v) is 6.23. The predicted molar refractivity (Wildman–Crippen MR) is 66.6 cm³/mol. The van der Waals surface area contributed by atoms with Gasteiger partial charge in [0, 0.05) is 24.7 Å². The monoisotopic (exact) mass is 223 g/mol. The number of hydrogen-bond donors (Lipinski definition) is 0. The number of halogens is 1. The van der Waals surface area contributed by atoms with Crippen LogP contribution in [0.25, 0.3) is 0 Å². The van der Waals surface area contributed by atoms with Crippen LogP contribution in [0.2, 0.25) is 0 Å². The number of nitrogens with zero attached hydrogens (tertiary/aromatic N) is 1. The van der Waals surface area contributed by atoms with Gasteiger partial charge in [-0.05, 0) is 30.4 Å². The SMILES string of the molecule is CC1CCN(c2ccccc2CCl)CC1. The highest BCUT2D eigenvalue weighted by atomic mass is 35.5. The normalized spacial score (nSPS) is 18.1. The van der Waals surface area contributed by atoms with Gasteiger partial charge in [0.15, 0.2) is 0 Å². The minimum atomic E-state index is 0.613. The van der Waals surface area contributed by atoms with Crippen LogP contribution < -0.4 is 4.90 Å². The van der Waals surface area contributed by atoms with Crippen molar-refractivity contribution < 1.29 is 0 Å². The number of alkyl halides is 1. The molecule has 0 aliphatic carbocycles. The molecule has 1 fully saturated rings. The van der Waals surface area contributed by atoms with E-state index in [1.165, 1.54) is 37.2 Å². The van der Waals surface area contributed by atoms with Gasteiger partial charge in [-0.15, -0.1) is 11.6 Å². The molecule has 1 saturated heterocycles. The van der Waals surface area contributed by atoms with Crippen molar-refractivity contribution in [2.75, 3.05) is 18.0 Å². The molecule has 1 nitrogen and oxygen atoms in total. The third-order valence-corrected chi connectivity index (χ3v) is 3.55. The maximum Gasteiger partial charge on any atom is 0.0494 e. The van der Waals surface area contributed by atoms with Gasteiger partial charge in [0.2, 0.25) is 0 Å². The van der Waals surface area contributed by atoms with Crippen LogP contribution >= 0.6 is 11.6 Å². The summed E-state index contributed by atoms with van der Waals surface area (Å²) < 4.78 is 0. The van der Waals surface area contributed by atoms with Crippen LogP contribution in [0.3, 0.4) is 0 Å². The van der Waals surface area contributed by atoms with E-state index < -0.39 is 0 Å². The average Bonchev–Trinajstić information content (AvgIpc) is 2.30. The molecule has 1 heterocycles. The molecule has 0 spiro atoms. The Balaban J connectivity index is 2.15. The van der Waals surface area contributed by atoms with Gasteiger partial charge in [-0.25, -0.2) is 0 Å². The summed E-state index contributed by atoms with van der Waals surface area (Å²) in [5, 5.41) is 0. The van der Waals surface area contributed by atoms with E-state index in [2.05, 4.69) is 36.1 Å². The topological polar surface area (TPSA) is 3.24 Å². The zero-order chi connectivity index (χ0) is 10.7. The van der Waals surface area contributed by atoms with Crippen molar-refractivity contribution in [2.24, 2.45) is 5.92 Å². The van der Waals surface area contributed by atoms with Crippen LogP contribution in [-0.2, 0) is 5.88 Å². The van der Waals surface area contributed by atoms with Gasteiger partial charge in [-0.2, -0.15) is 0 Å². The predicted octanol–water partition coefficient (Wildman–Crippen LogP) is 3.66. The van der Waals surface area contributed by atoms with Crippen molar-refractivity contribution in [1.82, 2.24) is 0 Å². The average molecular weight is 224 g/mol. The Morgan fingerprint density at radius 2 is 1.93 bits per heavy atom. The number of benzene rings is 1. The van der Waals surface area contributed by atoms with Crippen LogP contribution in [0.15, 0.2) is 24.3 Å². The summed E-state index contributed by atoms with van der Waals surface area (Å²) >= 11 is 5.95. The third-order valence-electron chi connectivity index (χ3n) is 3.26. The molecule has 0 aromatic heterocycles. The second kappa shape index (κ2) is 4.89. The van der Waals surface area contributed by atoms with Crippen molar-refractivity contribution in [2.45, 2.75) is 25.6 Å². The van der Waals surface area contributed by atoms with Gasteiger partial charge in [0.05, 0.1) is 0 Å². The molecule has 1 aliphatic heterocycles. The van der Waals surface area contributed by atoms with E-state index in [0.717, 1.165) is 5.92 Å². The molecule has 2 heteroatoms. The van der Waals surface area contributed by atoms with E-state index in [9.17, 15) is 0 Å². The van der Waals surface area contributed by atoms with Gasteiger partial charge < -0.3 is 4.90 Å². The molecule has 0 unspecified atom stereocenters. The molecule has 82 valence electrons. The van der Waals surface area contributed by atoms with Crippen molar-refractivity contribution in [3.63, 3.8) is 0 Å². The summed E-state index contributed by atoms with van der Waals surface area (Å²) in [6.45, 7) is 4.69. The molecule has 1 aromatic carbocycles. The molecule has 0 radical (unpaired) electrons. The Morgan fingerprint density at radius 1 is 1.27 bits per heavy atom. The van der Waals surface area contributed by atoms with E-state index in [-0.39, 0.29) is 0 Å². The van der Waals surface area contributed by atoms with Crippen LogP contribution in [0.5, 0.6) is 0 Å². The summed E-state index contributed by atoms with van der Waals surface area (Å²) in [5.41, 5.74) is 2.59. The van der Waals surface area contributed by atoms with E-state index in [0.29, 0.717) is 5.88 Å². The lowest BCUT2D eigenvalue weighted by molar-refractivity contribution is 0.438. The van der Waals surface area contributed by atoms with Crippen molar-refractivity contribution >= 4 is 17.3 Å². The number of hydrogen-bond acceptors (Lipinski definition) is 1. The number of rotatable bonds is 2. The number of anilines is 1. The Labute approximate surface area is 97.0 Å². The zero-order valence-corrected chi connectivity index (χ0v) is 10.0. The molecule has 15 heavy (non-hydrogen) atoms. The van der Waals surface area contributed by atoms with Gasteiger partial charge in [0.25, 0.3) is 0 Å². The highest BCUT2D eigenvalue weighted by molar-refractivity contribution is 6.17. The fourth-order valence-corrected chi connectivity index (χ4v) is 2.41. The second-order valence-corrected chi connectivity index (χ2v) is 4.70. The smallest absolute Gasteiger partial charge is 0.0494 e. The fourth-order valence-electron chi connectivity index (χ4n) is 2.18. The highest BCUT2D eigenvalue weighted by Gasteiger charge is 2.17. The Bertz CT molecular complexity index is 316. The second-order valence-electron chi connectivity index (χ2n) is 4.43. The van der Waals surface area contributed by atoms with E-state index in [4.69, 9.17) is 11.6 Å². The van der Waals surface area contributed by atoms with E-state index >= 15 is 0 Å². The zero-order valence-electron chi connectivity index (χ0n) is 9.25. The molecular formula is C13H18ClN. The van der Waals surface area contributed by atoms with Gasteiger partial charge in [0.1, 0.15) is 0 Å². The molecule has 0 amide bonds. The first-order valence-electron chi connectivity index (χ1n) is 5.70. The minimum absolute atomic E-state index is 0.613. The van der Waals surface area contributed by atoms with Crippen molar-refractivity contribution in [3.05, 3.63) is 29.8 Å². The molecule has 1 aliphatic rings. The largest absolute Gasteiger partial charge is 0.371 e. The van der Waals surface area contributed by atoms with Gasteiger partial charge in [-0.3, -0.25) is 0 Å². The lowest BCUT2D eigenvalue weighted by Crippen LogP contribution is -2.33. The molecule has 0 atom stereocenters. The molecular weight excluding hydrogens is 206 g/mol. The maximum atomic E-state index is 5.95. The Kier molecular flexibility index (Phi) is 3.53. The molecule has 0 N–H and O–H groups in total. The van der Waals surface area contributed by atoms with Crippen LogP contribution in [0, 0.1) is 5.92 Å². The highest BCUT2D eigenvalue weighted by Crippen LogP contribution is 2.26. The van der Waals surface area contributed by atoms with Gasteiger partial charge in [-0.1, -0.05) is 25.1 Å². The molecule has 1 aromatic rings. The molecule has 0 bridgehead atoms. The Morgan fingerprint density at radius 3 is 2.60 bits per heavy atom. The van der Waals surface area contributed by atoms with E-state index in [1.54, 1.807) is 0 Å². The molecule has 2 rings (SSSR count). The summed E-state index contributed by atoms with van der Waals surface area (Å²) in [7, 11) is 0. The fraction of sp³-hybridized carbons (Fsp3) is 0.538. The minimum Gasteiger partial charge on any atom is -0.371 e. The Hall–Kier alpha value is -0.690. The summed E-state index contributed by atoms with van der Waals surface area (Å²) in [4.78, 5) is 2.47. The first kappa shape index (κ1) is 10.8. The first-order chi connectivity index (χ1) is 7.31. The quantitative estimate of drug-likeness (QED) is 0.692. The number of piperidine rings is 1. The van der Waals surface area contributed by atoms with Crippen LogP contribution in [0.4, 0.5) is 5.69 Å². The lowest BCUT2D eigenvalue weighted by atomic mass is 9.98. The number of para-hydroxylation sites is 1. The lowest BCUT2D eigenvalue weighted by Gasteiger charge is -2.33. The van der Waals surface area contributed by atoms with Gasteiger partial charge >= 0.3 is 0 Å². The molecule has 0 saturated carbocycles.